The number of hydrogen-bond donors (Lipinski definition) is 2. The Bertz CT molecular complexity index is 465. The summed E-state index contributed by atoms with van der Waals surface area (Å²) in [4.78, 5) is 12.1. The fraction of sp³-hybridized carbons (Fsp3) is 0.333. The van der Waals surface area contributed by atoms with E-state index in [1.807, 2.05) is 0 Å². The minimum absolute atomic E-state index is 0.100. The van der Waals surface area contributed by atoms with Gasteiger partial charge in [0.1, 0.15) is 0 Å². The van der Waals surface area contributed by atoms with E-state index in [9.17, 15) is 9.18 Å². The smallest absolute Gasteiger partial charge is 0.251 e. The number of carbonyl (C=O) groups excluding carboxylic acids is 1. The summed E-state index contributed by atoms with van der Waals surface area (Å²) in [5, 5.41) is 2.63. The van der Waals surface area contributed by atoms with Crippen LogP contribution in [0.2, 0.25) is 0 Å². The Balaban J connectivity index is 2.67. The average Bonchev–Trinajstić information content (AvgIpc) is 2.35. The van der Waals surface area contributed by atoms with Gasteiger partial charge in [-0.15, -0.1) is 0 Å². The van der Waals surface area contributed by atoms with E-state index in [4.69, 9.17) is 22.7 Å². The number of nitrogens with one attached hydrogen (secondary N) is 1. The van der Waals surface area contributed by atoms with E-state index in [0.29, 0.717) is 11.5 Å². The maximum absolute atomic E-state index is 13.4. The molecule has 1 unspecified atom stereocenters. The van der Waals surface area contributed by atoms with E-state index in [2.05, 4.69) is 5.32 Å². The summed E-state index contributed by atoms with van der Waals surface area (Å²) >= 11 is 4.79. The van der Waals surface area contributed by atoms with Crippen LogP contribution in [0.3, 0.4) is 0 Å². The number of methoxy groups -OCH3 is 1. The largest absolute Gasteiger partial charge is 0.494 e. The molecule has 1 atom stereocenters. The molecule has 1 aromatic rings. The lowest BCUT2D eigenvalue weighted by atomic mass is 10.1. The summed E-state index contributed by atoms with van der Waals surface area (Å²) in [6.07, 6.45) is 0. The number of rotatable bonds is 5. The fourth-order valence-corrected chi connectivity index (χ4v) is 1.34. The van der Waals surface area contributed by atoms with Crippen LogP contribution in [0, 0.1) is 11.7 Å². The Labute approximate surface area is 110 Å². The first-order chi connectivity index (χ1) is 8.45. The highest BCUT2D eigenvalue weighted by atomic mass is 32.1. The van der Waals surface area contributed by atoms with Gasteiger partial charge in [-0.3, -0.25) is 4.79 Å². The van der Waals surface area contributed by atoms with Gasteiger partial charge >= 0.3 is 0 Å². The predicted octanol–water partition coefficient (Wildman–Crippen LogP) is 1.49. The lowest BCUT2D eigenvalue weighted by molar-refractivity contribution is 0.0951. The second kappa shape index (κ2) is 6.30. The molecule has 0 radical (unpaired) electrons. The van der Waals surface area contributed by atoms with Crippen LogP contribution in [0.25, 0.3) is 0 Å². The topological polar surface area (TPSA) is 64.3 Å². The molecule has 0 aliphatic rings. The zero-order chi connectivity index (χ0) is 13.7. The van der Waals surface area contributed by atoms with E-state index < -0.39 is 5.82 Å². The molecule has 0 heterocycles. The first-order valence-electron chi connectivity index (χ1n) is 5.36. The third-order valence-corrected chi connectivity index (χ3v) is 2.87. The van der Waals surface area contributed by atoms with Crippen LogP contribution in [-0.2, 0) is 0 Å². The summed E-state index contributed by atoms with van der Waals surface area (Å²) in [7, 11) is 1.36. The van der Waals surface area contributed by atoms with Crippen LogP contribution in [0.15, 0.2) is 18.2 Å². The number of carbonyl (C=O) groups is 1. The van der Waals surface area contributed by atoms with Crippen LogP contribution in [0.1, 0.15) is 17.3 Å². The van der Waals surface area contributed by atoms with Crippen molar-refractivity contribution in [1.29, 1.82) is 0 Å². The van der Waals surface area contributed by atoms with Gasteiger partial charge in [-0.05, 0) is 18.2 Å². The standard InChI is InChI=1S/C12H15FN2O2S/c1-7(11(14)18)6-15-12(16)8-3-4-10(17-2)9(13)5-8/h3-5,7H,6H2,1-2H3,(H2,14,18)(H,15,16). The zero-order valence-corrected chi connectivity index (χ0v) is 11.0. The molecule has 0 spiro atoms. The van der Waals surface area contributed by atoms with Gasteiger partial charge in [0.05, 0.1) is 12.1 Å². The summed E-state index contributed by atoms with van der Waals surface area (Å²) in [6, 6.07) is 4.02. The molecule has 0 aliphatic carbocycles. The summed E-state index contributed by atoms with van der Waals surface area (Å²) in [5.41, 5.74) is 5.65. The molecular formula is C12H15FN2O2S. The third-order valence-electron chi connectivity index (χ3n) is 2.47. The Kier molecular flexibility index (Phi) is 5.03. The first kappa shape index (κ1) is 14.4. The third kappa shape index (κ3) is 3.66. The van der Waals surface area contributed by atoms with Crippen molar-refractivity contribution in [2.75, 3.05) is 13.7 Å². The Hall–Kier alpha value is -1.69. The monoisotopic (exact) mass is 270 g/mol. The second-order valence-corrected chi connectivity index (χ2v) is 4.33. The fourth-order valence-electron chi connectivity index (χ4n) is 1.26. The van der Waals surface area contributed by atoms with Crippen molar-refractivity contribution in [2.45, 2.75) is 6.92 Å². The predicted molar refractivity (Wildman–Crippen MR) is 71.2 cm³/mol. The molecule has 0 fully saturated rings. The normalized spacial score (nSPS) is 11.7. The van der Waals surface area contributed by atoms with Gasteiger partial charge in [0, 0.05) is 18.0 Å². The average molecular weight is 270 g/mol. The van der Waals surface area contributed by atoms with Gasteiger partial charge in [-0.1, -0.05) is 19.1 Å². The molecule has 0 saturated carbocycles. The van der Waals surface area contributed by atoms with Crippen LogP contribution < -0.4 is 15.8 Å². The molecule has 1 amide bonds. The van der Waals surface area contributed by atoms with Gasteiger partial charge in [-0.25, -0.2) is 4.39 Å². The van der Waals surface area contributed by atoms with E-state index >= 15 is 0 Å². The number of halogens is 1. The summed E-state index contributed by atoms with van der Waals surface area (Å²) in [6.45, 7) is 2.12. The number of benzene rings is 1. The molecule has 0 bridgehead atoms. The SMILES string of the molecule is COc1ccc(C(=O)NCC(C)C(N)=S)cc1F. The van der Waals surface area contributed by atoms with Crippen molar-refractivity contribution in [3.8, 4) is 5.75 Å². The van der Waals surface area contributed by atoms with Gasteiger partial charge in [-0.2, -0.15) is 0 Å². The van der Waals surface area contributed by atoms with Crippen molar-refractivity contribution in [2.24, 2.45) is 11.7 Å². The first-order valence-corrected chi connectivity index (χ1v) is 5.77. The van der Waals surface area contributed by atoms with Crippen molar-refractivity contribution >= 4 is 23.1 Å². The number of nitrogens with two attached hydrogens (primary N) is 1. The molecule has 1 aromatic carbocycles. The zero-order valence-electron chi connectivity index (χ0n) is 10.2. The molecule has 18 heavy (non-hydrogen) atoms. The molecule has 1 rings (SSSR count). The second-order valence-electron chi connectivity index (χ2n) is 3.86. The number of thiocarbonyl (C=S) groups is 1. The Morgan fingerprint density at radius 3 is 2.78 bits per heavy atom. The lowest BCUT2D eigenvalue weighted by Gasteiger charge is -2.11. The highest BCUT2D eigenvalue weighted by Gasteiger charge is 2.12. The molecule has 4 nitrogen and oxygen atoms in total. The van der Waals surface area contributed by atoms with E-state index in [-0.39, 0.29) is 23.1 Å². The Morgan fingerprint density at radius 2 is 2.28 bits per heavy atom. The molecule has 3 N–H and O–H groups in total. The molecule has 98 valence electrons. The maximum atomic E-state index is 13.4. The quantitative estimate of drug-likeness (QED) is 0.796. The number of ether oxygens (including phenoxy) is 1. The van der Waals surface area contributed by atoms with Crippen molar-refractivity contribution in [3.63, 3.8) is 0 Å². The maximum Gasteiger partial charge on any atom is 0.251 e. The van der Waals surface area contributed by atoms with Crippen molar-refractivity contribution < 1.29 is 13.9 Å². The van der Waals surface area contributed by atoms with E-state index in [0.717, 1.165) is 6.07 Å². The van der Waals surface area contributed by atoms with E-state index in [1.165, 1.54) is 19.2 Å². The summed E-state index contributed by atoms with van der Waals surface area (Å²) in [5.74, 6) is -0.956. The Morgan fingerprint density at radius 1 is 1.61 bits per heavy atom. The molecule has 0 aliphatic heterocycles. The van der Waals surface area contributed by atoms with Gasteiger partial charge < -0.3 is 15.8 Å². The highest BCUT2D eigenvalue weighted by molar-refractivity contribution is 7.80. The van der Waals surface area contributed by atoms with E-state index in [1.54, 1.807) is 6.92 Å². The van der Waals surface area contributed by atoms with Gasteiger partial charge in [0.25, 0.3) is 5.91 Å². The molecule has 6 heteroatoms. The summed E-state index contributed by atoms with van der Waals surface area (Å²) < 4.78 is 18.2. The molecular weight excluding hydrogens is 255 g/mol. The molecule has 0 aromatic heterocycles. The number of hydrogen-bond acceptors (Lipinski definition) is 3. The number of amides is 1. The lowest BCUT2D eigenvalue weighted by Crippen LogP contribution is -2.33. The van der Waals surface area contributed by atoms with Gasteiger partial charge in [0.2, 0.25) is 0 Å². The van der Waals surface area contributed by atoms with Crippen molar-refractivity contribution in [3.05, 3.63) is 29.6 Å². The minimum Gasteiger partial charge on any atom is -0.494 e. The molecule has 0 saturated heterocycles. The van der Waals surface area contributed by atoms with Crippen LogP contribution in [-0.4, -0.2) is 24.6 Å². The van der Waals surface area contributed by atoms with Gasteiger partial charge in [0.15, 0.2) is 11.6 Å². The van der Waals surface area contributed by atoms with Crippen LogP contribution >= 0.6 is 12.2 Å². The van der Waals surface area contributed by atoms with Crippen LogP contribution in [0.5, 0.6) is 5.75 Å². The van der Waals surface area contributed by atoms with Crippen molar-refractivity contribution in [1.82, 2.24) is 5.32 Å². The minimum atomic E-state index is -0.576. The highest BCUT2D eigenvalue weighted by Crippen LogP contribution is 2.17. The van der Waals surface area contributed by atoms with Crippen LogP contribution in [0.4, 0.5) is 4.39 Å².